The van der Waals surface area contributed by atoms with E-state index in [2.05, 4.69) is 43.4 Å². The number of hydrogen-bond donors (Lipinski definition) is 1. The molecule has 1 aliphatic carbocycles. The van der Waals surface area contributed by atoms with E-state index < -0.39 is 0 Å². The molecular formula is C36H44O5. The average molecular weight is 557 g/mol. The van der Waals surface area contributed by atoms with Gasteiger partial charge in [-0.1, -0.05) is 99.4 Å². The molecule has 1 aliphatic rings. The van der Waals surface area contributed by atoms with Crippen molar-refractivity contribution in [2.75, 3.05) is 27.1 Å². The molecule has 0 aliphatic heterocycles. The molecule has 3 rings (SSSR count). The van der Waals surface area contributed by atoms with Crippen LogP contribution in [0, 0.1) is 0 Å². The number of aliphatic hydroxyl groups excluding tert-OH is 1. The van der Waals surface area contributed by atoms with Crippen molar-refractivity contribution in [3.63, 3.8) is 0 Å². The molecule has 5 nitrogen and oxygen atoms in total. The van der Waals surface area contributed by atoms with Gasteiger partial charge in [0.05, 0.1) is 13.7 Å². The Morgan fingerprint density at radius 1 is 0.683 bits per heavy atom. The standard InChI is InChI=1S/C36H44O5/c1-3-4-5-6-10-16-31-27-32(19-20-33(31)28-41-36-23-21-34(38-2)22-24-36)30-14-9-7-8-11-17-35(18-13-12-15-30)40-26-25-39-29-37/h7-9,11-15,17-24,27,37H,3-6,10,16,25-26,28-29H2,1-2H3/b8-7+,9-7?,11-8?,13-12+,14-9-,15-12?,17-11-,18-13?,30-14?,30-15+,35-17?,35-18+. The number of allylic oxidation sites excluding steroid dienone is 11. The van der Waals surface area contributed by atoms with Crippen LogP contribution in [-0.4, -0.2) is 32.2 Å². The van der Waals surface area contributed by atoms with E-state index >= 15 is 0 Å². The van der Waals surface area contributed by atoms with Gasteiger partial charge in [-0.2, -0.15) is 0 Å². The molecule has 0 saturated carbocycles. The fourth-order valence-electron chi connectivity index (χ4n) is 4.36. The quantitative estimate of drug-likeness (QED) is 0.167. The number of benzene rings is 2. The van der Waals surface area contributed by atoms with Crippen LogP contribution in [0.15, 0.2) is 109 Å². The summed E-state index contributed by atoms with van der Waals surface area (Å²) >= 11 is 0. The normalized spacial score (nSPS) is 18.9. The van der Waals surface area contributed by atoms with Crippen LogP contribution in [0.3, 0.4) is 0 Å². The van der Waals surface area contributed by atoms with Gasteiger partial charge in [-0.25, -0.2) is 0 Å². The van der Waals surface area contributed by atoms with Crippen LogP contribution in [0.4, 0.5) is 0 Å². The minimum absolute atomic E-state index is 0.308. The average Bonchev–Trinajstić information content (AvgIpc) is 3.00. The van der Waals surface area contributed by atoms with Crippen molar-refractivity contribution in [1.82, 2.24) is 0 Å². The highest BCUT2D eigenvalue weighted by Crippen LogP contribution is 2.25. The van der Waals surface area contributed by atoms with Gasteiger partial charge in [0.15, 0.2) is 0 Å². The number of aliphatic hydroxyl groups is 1. The van der Waals surface area contributed by atoms with Crippen molar-refractivity contribution >= 4 is 5.57 Å². The molecule has 0 atom stereocenters. The van der Waals surface area contributed by atoms with Gasteiger partial charge in [-0.05, 0) is 71.5 Å². The summed E-state index contributed by atoms with van der Waals surface area (Å²) in [6.07, 6.45) is 27.3. The van der Waals surface area contributed by atoms with Crippen LogP contribution in [0.25, 0.3) is 5.57 Å². The zero-order valence-electron chi connectivity index (χ0n) is 24.5. The maximum Gasteiger partial charge on any atom is 0.143 e. The SMILES string of the molecule is CCCCCCCc1cc(C2=C/C=C/C=C(OCCOCO)\C=C/C=C/C=C\2)ccc1COc1ccc(OC)cc1. The summed E-state index contributed by atoms with van der Waals surface area (Å²) in [6.45, 7) is 3.16. The molecule has 5 heteroatoms. The Kier molecular flexibility index (Phi) is 14.9. The fourth-order valence-corrected chi connectivity index (χ4v) is 4.36. The number of rotatable bonds is 16. The summed E-state index contributed by atoms with van der Waals surface area (Å²) in [5.74, 6) is 2.37. The Hall–Kier alpha value is -3.80. The van der Waals surface area contributed by atoms with Crippen LogP contribution in [0.2, 0.25) is 0 Å². The lowest BCUT2D eigenvalue weighted by molar-refractivity contribution is -0.0194. The molecule has 0 amide bonds. The minimum atomic E-state index is -0.308. The van der Waals surface area contributed by atoms with Crippen LogP contribution in [0.5, 0.6) is 11.5 Å². The highest BCUT2D eigenvalue weighted by atomic mass is 16.6. The summed E-state index contributed by atoms with van der Waals surface area (Å²) in [5, 5.41) is 8.78. The Bertz CT molecular complexity index is 1220. The molecule has 0 bridgehead atoms. The number of unbranched alkanes of at least 4 members (excludes halogenated alkanes) is 4. The van der Waals surface area contributed by atoms with Crippen molar-refractivity contribution in [2.24, 2.45) is 0 Å². The van der Waals surface area contributed by atoms with Gasteiger partial charge in [-0.3, -0.25) is 0 Å². The first-order chi connectivity index (χ1) is 20.2. The first-order valence-corrected chi connectivity index (χ1v) is 14.5. The highest BCUT2D eigenvalue weighted by molar-refractivity contribution is 5.76. The van der Waals surface area contributed by atoms with Gasteiger partial charge in [0.1, 0.15) is 37.3 Å². The van der Waals surface area contributed by atoms with Crippen LogP contribution in [-0.2, 0) is 22.5 Å². The van der Waals surface area contributed by atoms with Crippen molar-refractivity contribution in [1.29, 1.82) is 0 Å². The van der Waals surface area contributed by atoms with Crippen molar-refractivity contribution in [3.8, 4) is 11.5 Å². The molecule has 1 N–H and O–H groups in total. The Morgan fingerprint density at radius 3 is 2.22 bits per heavy atom. The minimum Gasteiger partial charge on any atom is -0.497 e. The zero-order valence-corrected chi connectivity index (χ0v) is 24.5. The lowest BCUT2D eigenvalue weighted by Gasteiger charge is -2.14. The number of methoxy groups -OCH3 is 1. The van der Waals surface area contributed by atoms with Crippen molar-refractivity contribution in [3.05, 3.63) is 126 Å². The summed E-state index contributed by atoms with van der Waals surface area (Å²) < 4.78 is 22.1. The second-order valence-corrected chi connectivity index (χ2v) is 9.68. The largest absolute Gasteiger partial charge is 0.497 e. The first kappa shape index (κ1) is 31.7. The third-order valence-electron chi connectivity index (χ3n) is 6.65. The fraction of sp³-hybridized carbons (Fsp3) is 0.333. The number of aryl methyl sites for hydroxylation is 1. The smallest absolute Gasteiger partial charge is 0.143 e. The van der Waals surface area contributed by atoms with E-state index in [0.29, 0.717) is 19.8 Å². The predicted octanol–water partition coefficient (Wildman–Crippen LogP) is 8.28. The first-order valence-electron chi connectivity index (χ1n) is 14.5. The molecule has 2 aromatic carbocycles. The maximum atomic E-state index is 8.78. The Labute approximate surface area is 245 Å². The van der Waals surface area contributed by atoms with E-state index in [9.17, 15) is 0 Å². The Morgan fingerprint density at radius 2 is 1.44 bits per heavy atom. The molecule has 0 radical (unpaired) electrons. The van der Waals surface area contributed by atoms with E-state index in [1.807, 2.05) is 66.8 Å². The second kappa shape index (κ2) is 19.3. The number of ether oxygens (including phenoxy) is 4. The Balaban J connectivity index is 1.79. The van der Waals surface area contributed by atoms with Crippen molar-refractivity contribution < 1.29 is 24.1 Å². The van der Waals surface area contributed by atoms with Gasteiger partial charge in [0.25, 0.3) is 0 Å². The third-order valence-corrected chi connectivity index (χ3v) is 6.65. The van der Waals surface area contributed by atoms with E-state index in [1.54, 1.807) is 7.11 Å². The second-order valence-electron chi connectivity index (χ2n) is 9.68. The summed E-state index contributed by atoms with van der Waals surface area (Å²) in [5.41, 5.74) is 4.84. The molecule has 218 valence electrons. The van der Waals surface area contributed by atoms with Gasteiger partial charge in [0.2, 0.25) is 0 Å². The zero-order chi connectivity index (χ0) is 29.0. The summed E-state index contributed by atoms with van der Waals surface area (Å²) in [7, 11) is 1.67. The molecule has 0 fully saturated rings. The van der Waals surface area contributed by atoms with Crippen molar-refractivity contribution in [2.45, 2.75) is 52.1 Å². The van der Waals surface area contributed by atoms with Gasteiger partial charge in [-0.15, -0.1) is 0 Å². The van der Waals surface area contributed by atoms with Crippen LogP contribution in [0.1, 0.15) is 55.7 Å². The maximum absolute atomic E-state index is 8.78. The summed E-state index contributed by atoms with van der Waals surface area (Å²) in [6, 6.07) is 14.4. The lowest BCUT2D eigenvalue weighted by atomic mass is 9.95. The molecule has 0 heterocycles. The molecule has 41 heavy (non-hydrogen) atoms. The molecular weight excluding hydrogens is 512 g/mol. The van der Waals surface area contributed by atoms with E-state index in [0.717, 1.165) is 29.3 Å². The number of hydrogen-bond acceptors (Lipinski definition) is 5. The van der Waals surface area contributed by atoms with E-state index in [4.69, 9.17) is 24.1 Å². The third kappa shape index (κ3) is 12.1. The van der Waals surface area contributed by atoms with E-state index in [1.165, 1.54) is 48.8 Å². The molecule has 2 aromatic rings. The molecule has 0 unspecified atom stereocenters. The van der Waals surface area contributed by atoms with Gasteiger partial charge < -0.3 is 24.1 Å². The monoisotopic (exact) mass is 556 g/mol. The summed E-state index contributed by atoms with van der Waals surface area (Å²) in [4.78, 5) is 0. The lowest BCUT2D eigenvalue weighted by Crippen LogP contribution is -2.03. The van der Waals surface area contributed by atoms with Gasteiger partial charge >= 0.3 is 0 Å². The molecule has 0 saturated heterocycles. The highest BCUT2D eigenvalue weighted by Gasteiger charge is 2.08. The molecule has 0 aromatic heterocycles. The molecule has 0 spiro atoms. The van der Waals surface area contributed by atoms with Crippen LogP contribution < -0.4 is 9.47 Å². The topological polar surface area (TPSA) is 57.2 Å². The van der Waals surface area contributed by atoms with Crippen LogP contribution >= 0.6 is 0 Å². The van der Waals surface area contributed by atoms with Gasteiger partial charge in [0, 0.05) is 0 Å². The predicted molar refractivity (Wildman–Crippen MR) is 168 cm³/mol. The van der Waals surface area contributed by atoms with E-state index in [-0.39, 0.29) is 6.79 Å².